The number of aryl methyl sites for hydroxylation is 3. The molecular weight excluding hydrogens is 238 g/mol. The fourth-order valence-corrected chi connectivity index (χ4v) is 2.00. The van der Waals surface area contributed by atoms with Crippen molar-refractivity contribution < 1.29 is 0 Å². The van der Waals surface area contributed by atoms with E-state index in [-0.39, 0.29) is 0 Å². The topological polar surface area (TPSA) is 47.7 Å². The standard InChI is InChI=1S/C14H23N5/c1-6-18-9-14(12(5)16-18)15-7-13-8-19(10(2)3)17-11(13)4/h8-10,15H,6-7H2,1-5H3. The van der Waals surface area contributed by atoms with Crippen LogP contribution >= 0.6 is 0 Å². The Morgan fingerprint density at radius 1 is 1.16 bits per heavy atom. The Kier molecular flexibility index (Phi) is 3.93. The molecule has 0 aromatic carbocycles. The highest BCUT2D eigenvalue weighted by Gasteiger charge is 2.08. The molecule has 0 unspecified atom stereocenters. The molecule has 19 heavy (non-hydrogen) atoms. The number of hydrogen-bond donors (Lipinski definition) is 1. The van der Waals surface area contributed by atoms with E-state index in [0.717, 1.165) is 30.2 Å². The fraction of sp³-hybridized carbons (Fsp3) is 0.571. The second kappa shape index (κ2) is 5.47. The van der Waals surface area contributed by atoms with E-state index in [0.29, 0.717) is 6.04 Å². The number of rotatable bonds is 5. The zero-order valence-corrected chi connectivity index (χ0v) is 12.4. The summed E-state index contributed by atoms with van der Waals surface area (Å²) in [7, 11) is 0. The first kappa shape index (κ1) is 13.6. The Morgan fingerprint density at radius 2 is 1.89 bits per heavy atom. The van der Waals surface area contributed by atoms with Gasteiger partial charge in [0, 0.05) is 37.1 Å². The molecule has 0 aliphatic carbocycles. The minimum atomic E-state index is 0.400. The lowest BCUT2D eigenvalue weighted by Crippen LogP contribution is -2.01. The first-order valence-electron chi connectivity index (χ1n) is 6.83. The lowest BCUT2D eigenvalue weighted by Gasteiger charge is -2.04. The van der Waals surface area contributed by atoms with E-state index in [1.165, 1.54) is 5.56 Å². The molecule has 2 aromatic rings. The number of aromatic nitrogens is 4. The quantitative estimate of drug-likeness (QED) is 0.900. The maximum Gasteiger partial charge on any atom is 0.0825 e. The molecule has 5 nitrogen and oxygen atoms in total. The minimum absolute atomic E-state index is 0.400. The molecule has 0 saturated heterocycles. The van der Waals surface area contributed by atoms with Gasteiger partial charge in [-0.05, 0) is 34.6 Å². The second-order valence-corrected chi connectivity index (χ2v) is 5.15. The summed E-state index contributed by atoms with van der Waals surface area (Å²) in [5.74, 6) is 0. The Labute approximate surface area is 114 Å². The van der Waals surface area contributed by atoms with E-state index >= 15 is 0 Å². The maximum absolute atomic E-state index is 4.52. The molecular formula is C14H23N5. The molecule has 0 amide bonds. The Balaban J connectivity index is 2.07. The van der Waals surface area contributed by atoms with Gasteiger partial charge in [0.1, 0.15) is 0 Å². The Morgan fingerprint density at radius 3 is 2.42 bits per heavy atom. The summed E-state index contributed by atoms with van der Waals surface area (Å²) in [5.41, 5.74) is 4.45. The third-order valence-corrected chi connectivity index (χ3v) is 3.29. The zero-order valence-electron chi connectivity index (χ0n) is 12.4. The number of hydrogen-bond acceptors (Lipinski definition) is 3. The molecule has 5 heteroatoms. The number of nitrogens with one attached hydrogen (secondary N) is 1. The largest absolute Gasteiger partial charge is 0.378 e. The maximum atomic E-state index is 4.52. The van der Waals surface area contributed by atoms with Crippen LogP contribution in [0.3, 0.4) is 0 Å². The highest BCUT2D eigenvalue weighted by atomic mass is 15.3. The summed E-state index contributed by atoms with van der Waals surface area (Å²) in [6.45, 7) is 12.1. The first-order valence-corrected chi connectivity index (χ1v) is 6.83. The summed E-state index contributed by atoms with van der Waals surface area (Å²) in [6.07, 6.45) is 4.17. The third kappa shape index (κ3) is 2.97. The molecule has 1 N–H and O–H groups in total. The van der Waals surface area contributed by atoms with Crippen LogP contribution in [0.25, 0.3) is 0 Å². The van der Waals surface area contributed by atoms with Crippen LogP contribution in [0.15, 0.2) is 12.4 Å². The predicted molar refractivity (Wildman–Crippen MR) is 77.3 cm³/mol. The van der Waals surface area contributed by atoms with Crippen LogP contribution in [0.4, 0.5) is 5.69 Å². The number of nitrogens with zero attached hydrogens (tertiary/aromatic N) is 4. The fourth-order valence-electron chi connectivity index (χ4n) is 2.00. The molecule has 0 atom stereocenters. The average Bonchev–Trinajstić information content (AvgIpc) is 2.90. The van der Waals surface area contributed by atoms with Gasteiger partial charge in [-0.1, -0.05) is 0 Å². The van der Waals surface area contributed by atoms with Gasteiger partial charge in [-0.2, -0.15) is 10.2 Å². The average molecular weight is 261 g/mol. The van der Waals surface area contributed by atoms with E-state index in [1.807, 2.05) is 16.3 Å². The SMILES string of the molecule is CCn1cc(NCc2cn(C(C)C)nc2C)c(C)n1. The molecule has 2 rings (SSSR count). The summed E-state index contributed by atoms with van der Waals surface area (Å²) in [4.78, 5) is 0. The van der Waals surface area contributed by atoms with Crippen LogP contribution in [0.1, 0.15) is 43.8 Å². The second-order valence-electron chi connectivity index (χ2n) is 5.15. The Bertz CT molecular complexity index is 550. The van der Waals surface area contributed by atoms with Gasteiger partial charge in [-0.3, -0.25) is 9.36 Å². The van der Waals surface area contributed by atoms with Crippen LogP contribution in [-0.4, -0.2) is 19.6 Å². The monoisotopic (exact) mass is 261 g/mol. The van der Waals surface area contributed by atoms with Gasteiger partial charge in [0.2, 0.25) is 0 Å². The highest BCUT2D eigenvalue weighted by molar-refractivity contribution is 5.46. The van der Waals surface area contributed by atoms with Gasteiger partial charge in [0.15, 0.2) is 0 Å². The molecule has 0 fully saturated rings. The number of anilines is 1. The van der Waals surface area contributed by atoms with Crippen molar-refractivity contribution in [2.24, 2.45) is 0 Å². The zero-order chi connectivity index (χ0) is 14.0. The van der Waals surface area contributed by atoms with Crippen molar-refractivity contribution >= 4 is 5.69 Å². The molecule has 0 aliphatic heterocycles. The molecule has 2 aromatic heterocycles. The third-order valence-electron chi connectivity index (χ3n) is 3.29. The van der Waals surface area contributed by atoms with Crippen LogP contribution in [0, 0.1) is 13.8 Å². The molecule has 0 bridgehead atoms. The smallest absolute Gasteiger partial charge is 0.0825 e. The summed E-state index contributed by atoms with van der Waals surface area (Å²) >= 11 is 0. The molecule has 104 valence electrons. The molecule has 2 heterocycles. The molecule has 0 spiro atoms. The Hall–Kier alpha value is -1.78. The van der Waals surface area contributed by atoms with Crippen molar-refractivity contribution in [2.45, 2.75) is 53.8 Å². The predicted octanol–water partition coefficient (Wildman–Crippen LogP) is 2.91. The van der Waals surface area contributed by atoms with Gasteiger partial charge in [0.25, 0.3) is 0 Å². The highest BCUT2D eigenvalue weighted by Crippen LogP contribution is 2.16. The van der Waals surface area contributed by atoms with Crippen molar-refractivity contribution in [1.29, 1.82) is 0 Å². The summed E-state index contributed by atoms with van der Waals surface area (Å²) in [6, 6.07) is 0.400. The van der Waals surface area contributed by atoms with Gasteiger partial charge in [0.05, 0.1) is 17.1 Å². The van der Waals surface area contributed by atoms with Crippen LogP contribution in [0.2, 0.25) is 0 Å². The summed E-state index contributed by atoms with van der Waals surface area (Å²) in [5, 5.41) is 12.4. The van der Waals surface area contributed by atoms with Crippen molar-refractivity contribution in [2.75, 3.05) is 5.32 Å². The van der Waals surface area contributed by atoms with Crippen molar-refractivity contribution in [3.05, 3.63) is 29.3 Å². The summed E-state index contributed by atoms with van der Waals surface area (Å²) < 4.78 is 3.96. The van der Waals surface area contributed by atoms with Crippen molar-refractivity contribution in [3.8, 4) is 0 Å². The first-order chi connectivity index (χ1) is 9.01. The van der Waals surface area contributed by atoms with Gasteiger partial charge >= 0.3 is 0 Å². The van der Waals surface area contributed by atoms with Gasteiger partial charge < -0.3 is 5.32 Å². The van der Waals surface area contributed by atoms with Crippen LogP contribution in [-0.2, 0) is 13.1 Å². The van der Waals surface area contributed by atoms with E-state index < -0.39 is 0 Å². The molecule has 0 saturated carbocycles. The van der Waals surface area contributed by atoms with Crippen molar-refractivity contribution in [1.82, 2.24) is 19.6 Å². The van der Waals surface area contributed by atoms with Crippen LogP contribution < -0.4 is 5.32 Å². The van der Waals surface area contributed by atoms with E-state index in [9.17, 15) is 0 Å². The minimum Gasteiger partial charge on any atom is -0.378 e. The van der Waals surface area contributed by atoms with Crippen LogP contribution in [0.5, 0.6) is 0 Å². The van der Waals surface area contributed by atoms with Gasteiger partial charge in [-0.25, -0.2) is 0 Å². The van der Waals surface area contributed by atoms with Crippen molar-refractivity contribution in [3.63, 3.8) is 0 Å². The molecule has 0 radical (unpaired) electrons. The van der Waals surface area contributed by atoms with Gasteiger partial charge in [-0.15, -0.1) is 0 Å². The lowest BCUT2D eigenvalue weighted by atomic mass is 10.2. The lowest BCUT2D eigenvalue weighted by molar-refractivity contribution is 0.529. The van der Waals surface area contributed by atoms with E-state index in [4.69, 9.17) is 0 Å². The van der Waals surface area contributed by atoms with E-state index in [2.05, 4.69) is 55.6 Å². The normalized spacial score (nSPS) is 11.3. The van der Waals surface area contributed by atoms with E-state index in [1.54, 1.807) is 0 Å². The molecule has 0 aliphatic rings.